The topological polar surface area (TPSA) is 42.0 Å². The second kappa shape index (κ2) is 5.16. The monoisotopic (exact) mass is 328 g/mol. The molecule has 94 valence electrons. The first-order chi connectivity index (χ1) is 8.47. The summed E-state index contributed by atoms with van der Waals surface area (Å²) in [5.41, 5.74) is 1.60. The SMILES string of the molecule is Cc1nc(C(=O)Nc2cc(Br)c(F)cc2C)cs1. The van der Waals surface area contributed by atoms with Gasteiger partial charge in [0.25, 0.3) is 5.91 Å². The van der Waals surface area contributed by atoms with Crippen LogP contribution in [0, 0.1) is 19.7 Å². The summed E-state index contributed by atoms with van der Waals surface area (Å²) < 4.78 is 13.6. The number of benzene rings is 1. The third-order valence-corrected chi connectivity index (χ3v) is 3.75. The molecule has 0 fully saturated rings. The number of hydrogen-bond donors (Lipinski definition) is 1. The Bertz CT molecular complexity index is 612. The number of hydrogen-bond acceptors (Lipinski definition) is 3. The van der Waals surface area contributed by atoms with Gasteiger partial charge in [0.05, 0.1) is 9.48 Å². The lowest BCUT2D eigenvalue weighted by molar-refractivity contribution is 0.102. The fraction of sp³-hybridized carbons (Fsp3) is 0.167. The highest BCUT2D eigenvalue weighted by Crippen LogP contribution is 2.24. The predicted octanol–water partition coefficient (Wildman–Crippen LogP) is 3.91. The molecule has 0 unspecified atom stereocenters. The lowest BCUT2D eigenvalue weighted by atomic mass is 10.2. The lowest BCUT2D eigenvalue weighted by Gasteiger charge is -2.08. The van der Waals surface area contributed by atoms with Crippen molar-refractivity contribution >= 4 is 38.9 Å². The molecule has 0 aliphatic rings. The van der Waals surface area contributed by atoms with Crippen molar-refractivity contribution in [2.24, 2.45) is 0 Å². The van der Waals surface area contributed by atoms with Gasteiger partial charge >= 0.3 is 0 Å². The number of thiazole rings is 1. The molecule has 18 heavy (non-hydrogen) atoms. The zero-order chi connectivity index (χ0) is 13.3. The fourth-order valence-corrected chi connectivity index (χ4v) is 2.37. The molecule has 0 saturated carbocycles. The van der Waals surface area contributed by atoms with Crippen molar-refractivity contribution in [1.29, 1.82) is 0 Å². The molecule has 1 amide bonds. The Morgan fingerprint density at radius 3 is 2.78 bits per heavy atom. The van der Waals surface area contributed by atoms with E-state index in [9.17, 15) is 9.18 Å². The lowest BCUT2D eigenvalue weighted by Crippen LogP contribution is -2.13. The minimum atomic E-state index is -0.352. The van der Waals surface area contributed by atoms with E-state index in [1.54, 1.807) is 18.4 Å². The van der Waals surface area contributed by atoms with E-state index in [4.69, 9.17) is 0 Å². The molecule has 2 aromatic rings. The van der Waals surface area contributed by atoms with E-state index in [2.05, 4.69) is 26.2 Å². The van der Waals surface area contributed by atoms with Crippen LogP contribution in [0.5, 0.6) is 0 Å². The van der Waals surface area contributed by atoms with Gasteiger partial charge in [0.1, 0.15) is 11.5 Å². The molecular formula is C12H10BrFN2OS. The fourth-order valence-electron chi connectivity index (χ4n) is 1.44. The standard InChI is InChI=1S/C12H10BrFN2OS/c1-6-3-9(14)8(13)4-10(6)16-12(17)11-5-18-7(2)15-11/h3-5H,1-2H3,(H,16,17). The Labute approximate surface area is 116 Å². The van der Waals surface area contributed by atoms with Crippen LogP contribution in [0.1, 0.15) is 21.1 Å². The van der Waals surface area contributed by atoms with E-state index >= 15 is 0 Å². The molecule has 1 N–H and O–H groups in total. The van der Waals surface area contributed by atoms with Crippen molar-refractivity contribution in [3.8, 4) is 0 Å². The maximum atomic E-state index is 13.3. The first kappa shape index (κ1) is 13.2. The summed E-state index contributed by atoms with van der Waals surface area (Å²) in [6, 6.07) is 2.91. The van der Waals surface area contributed by atoms with Gasteiger partial charge in [-0.15, -0.1) is 11.3 Å². The minimum Gasteiger partial charge on any atom is -0.320 e. The number of carbonyl (C=O) groups excluding carboxylic acids is 1. The number of aromatic nitrogens is 1. The summed E-state index contributed by atoms with van der Waals surface area (Å²) in [5.74, 6) is -0.643. The van der Waals surface area contributed by atoms with E-state index in [1.807, 2.05) is 6.92 Å². The summed E-state index contributed by atoms with van der Waals surface area (Å²) in [6.45, 7) is 3.57. The van der Waals surface area contributed by atoms with Gasteiger partial charge in [0, 0.05) is 11.1 Å². The molecule has 0 aliphatic heterocycles. The summed E-state index contributed by atoms with van der Waals surface area (Å²) in [7, 11) is 0. The summed E-state index contributed by atoms with van der Waals surface area (Å²) in [6.07, 6.45) is 0. The van der Waals surface area contributed by atoms with E-state index in [0.717, 1.165) is 5.01 Å². The van der Waals surface area contributed by atoms with Crippen molar-refractivity contribution in [3.05, 3.63) is 44.1 Å². The summed E-state index contributed by atoms with van der Waals surface area (Å²) >= 11 is 4.50. The molecule has 3 nitrogen and oxygen atoms in total. The van der Waals surface area contributed by atoms with E-state index < -0.39 is 0 Å². The Balaban J connectivity index is 2.24. The van der Waals surface area contributed by atoms with Crippen molar-refractivity contribution in [2.75, 3.05) is 5.32 Å². The summed E-state index contributed by atoms with van der Waals surface area (Å²) in [5, 5.41) is 5.24. The Morgan fingerprint density at radius 1 is 1.44 bits per heavy atom. The van der Waals surface area contributed by atoms with Gasteiger partial charge in [-0.05, 0) is 47.5 Å². The van der Waals surface area contributed by atoms with Crippen LogP contribution in [0.15, 0.2) is 22.0 Å². The van der Waals surface area contributed by atoms with Crippen LogP contribution in [0.25, 0.3) is 0 Å². The van der Waals surface area contributed by atoms with Crippen LogP contribution < -0.4 is 5.32 Å². The Morgan fingerprint density at radius 2 is 2.17 bits per heavy atom. The van der Waals surface area contributed by atoms with Gasteiger partial charge in [-0.1, -0.05) is 0 Å². The molecule has 0 atom stereocenters. The van der Waals surface area contributed by atoms with Gasteiger partial charge in [-0.3, -0.25) is 4.79 Å². The highest BCUT2D eigenvalue weighted by atomic mass is 79.9. The van der Waals surface area contributed by atoms with Crippen LogP contribution >= 0.6 is 27.3 Å². The molecule has 1 aromatic carbocycles. The van der Waals surface area contributed by atoms with Crippen molar-refractivity contribution in [1.82, 2.24) is 4.98 Å². The van der Waals surface area contributed by atoms with Crippen LogP contribution in [-0.2, 0) is 0 Å². The molecule has 0 bridgehead atoms. The molecule has 2 rings (SSSR count). The third-order valence-electron chi connectivity index (χ3n) is 2.37. The van der Waals surface area contributed by atoms with Crippen LogP contribution in [0.2, 0.25) is 0 Å². The average Bonchev–Trinajstić information content (AvgIpc) is 2.73. The molecule has 0 aliphatic carbocycles. The second-order valence-corrected chi connectivity index (χ2v) is 5.70. The largest absolute Gasteiger partial charge is 0.320 e. The van der Waals surface area contributed by atoms with Gasteiger partial charge in [-0.25, -0.2) is 9.37 Å². The average molecular weight is 329 g/mol. The van der Waals surface area contributed by atoms with E-state index in [1.165, 1.54) is 17.4 Å². The summed E-state index contributed by atoms with van der Waals surface area (Å²) in [4.78, 5) is 16.0. The number of anilines is 1. The first-order valence-corrected chi connectivity index (χ1v) is 6.84. The number of halogens is 2. The van der Waals surface area contributed by atoms with Gasteiger partial charge in [-0.2, -0.15) is 0 Å². The van der Waals surface area contributed by atoms with E-state index in [0.29, 0.717) is 21.4 Å². The number of nitrogens with zero attached hydrogens (tertiary/aromatic N) is 1. The molecule has 1 heterocycles. The minimum absolute atomic E-state index is 0.291. The van der Waals surface area contributed by atoms with Gasteiger partial charge in [0.15, 0.2) is 0 Å². The highest BCUT2D eigenvalue weighted by Gasteiger charge is 2.12. The molecule has 0 saturated heterocycles. The molecular weight excluding hydrogens is 319 g/mol. The number of rotatable bonds is 2. The number of amides is 1. The zero-order valence-electron chi connectivity index (χ0n) is 9.75. The highest BCUT2D eigenvalue weighted by molar-refractivity contribution is 9.10. The van der Waals surface area contributed by atoms with Crippen molar-refractivity contribution in [3.63, 3.8) is 0 Å². The third kappa shape index (κ3) is 2.76. The molecule has 1 aromatic heterocycles. The number of carbonyl (C=O) groups is 1. The van der Waals surface area contributed by atoms with Crippen LogP contribution in [0.3, 0.4) is 0 Å². The molecule has 6 heteroatoms. The van der Waals surface area contributed by atoms with Crippen molar-refractivity contribution in [2.45, 2.75) is 13.8 Å². The van der Waals surface area contributed by atoms with Crippen LogP contribution in [-0.4, -0.2) is 10.9 Å². The molecule has 0 spiro atoms. The zero-order valence-corrected chi connectivity index (χ0v) is 12.2. The normalized spacial score (nSPS) is 10.4. The Kier molecular flexibility index (Phi) is 3.77. The number of aryl methyl sites for hydroxylation is 2. The van der Waals surface area contributed by atoms with Crippen LogP contribution in [0.4, 0.5) is 10.1 Å². The van der Waals surface area contributed by atoms with E-state index in [-0.39, 0.29) is 11.7 Å². The van der Waals surface area contributed by atoms with Gasteiger partial charge in [0.2, 0.25) is 0 Å². The van der Waals surface area contributed by atoms with Crippen molar-refractivity contribution < 1.29 is 9.18 Å². The smallest absolute Gasteiger partial charge is 0.275 e. The maximum absolute atomic E-state index is 13.3. The molecule has 0 radical (unpaired) electrons. The maximum Gasteiger partial charge on any atom is 0.275 e. The quantitative estimate of drug-likeness (QED) is 0.907. The first-order valence-electron chi connectivity index (χ1n) is 5.16. The van der Waals surface area contributed by atoms with Gasteiger partial charge < -0.3 is 5.32 Å². The Hall–Kier alpha value is -1.27. The predicted molar refractivity (Wildman–Crippen MR) is 73.6 cm³/mol. The second-order valence-electron chi connectivity index (χ2n) is 3.79. The number of nitrogens with one attached hydrogen (secondary N) is 1.